The fourth-order valence-electron chi connectivity index (χ4n) is 2.84. The van der Waals surface area contributed by atoms with Crippen molar-refractivity contribution in [1.29, 1.82) is 0 Å². The van der Waals surface area contributed by atoms with Crippen molar-refractivity contribution in [2.45, 2.75) is 23.8 Å². The zero-order chi connectivity index (χ0) is 16.6. The molecule has 1 atom stereocenters. The molecular formula is C14H18N4O4S. The number of aromatic nitrogens is 2. The Morgan fingerprint density at radius 3 is 2.78 bits per heavy atom. The standard InChI is InChI=1S/C14H18N4O4S/c1-18-6-2-3-9(18)8-15-23(21,22)10-4-5-11-12(7-10)16-14(20)17-13(11)19/h4-5,7,9,15H,2-3,6,8H2,1H3,(H2,16,17,19,20)/t9-/m0/s1. The van der Waals surface area contributed by atoms with Crippen LogP contribution in [-0.4, -0.2) is 49.5 Å². The Morgan fingerprint density at radius 2 is 2.09 bits per heavy atom. The number of rotatable bonds is 4. The van der Waals surface area contributed by atoms with E-state index >= 15 is 0 Å². The molecule has 124 valence electrons. The summed E-state index contributed by atoms with van der Waals surface area (Å²) in [5.74, 6) is 0. The van der Waals surface area contributed by atoms with Gasteiger partial charge >= 0.3 is 5.69 Å². The molecule has 0 unspecified atom stereocenters. The summed E-state index contributed by atoms with van der Waals surface area (Å²) >= 11 is 0. The van der Waals surface area contributed by atoms with Gasteiger partial charge in [-0.25, -0.2) is 17.9 Å². The van der Waals surface area contributed by atoms with Crippen LogP contribution in [0.3, 0.4) is 0 Å². The van der Waals surface area contributed by atoms with Crippen LogP contribution in [0.2, 0.25) is 0 Å². The Labute approximate surface area is 132 Å². The molecule has 2 aromatic rings. The van der Waals surface area contributed by atoms with Crippen LogP contribution in [0.1, 0.15) is 12.8 Å². The molecule has 8 nitrogen and oxygen atoms in total. The molecule has 23 heavy (non-hydrogen) atoms. The summed E-state index contributed by atoms with van der Waals surface area (Å²) < 4.78 is 27.4. The molecular weight excluding hydrogens is 320 g/mol. The Morgan fingerprint density at radius 1 is 1.30 bits per heavy atom. The quantitative estimate of drug-likeness (QED) is 0.701. The number of hydrogen-bond donors (Lipinski definition) is 3. The molecule has 0 radical (unpaired) electrons. The largest absolute Gasteiger partial charge is 0.326 e. The number of benzene rings is 1. The third-order valence-electron chi connectivity index (χ3n) is 4.20. The van der Waals surface area contributed by atoms with Crippen molar-refractivity contribution in [2.75, 3.05) is 20.1 Å². The first-order valence-corrected chi connectivity index (χ1v) is 8.81. The van der Waals surface area contributed by atoms with Gasteiger partial charge in [-0.1, -0.05) is 0 Å². The van der Waals surface area contributed by atoms with Gasteiger partial charge in [-0.3, -0.25) is 9.78 Å². The Balaban J connectivity index is 1.89. The fourth-order valence-corrected chi connectivity index (χ4v) is 3.94. The first kappa shape index (κ1) is 15.9. The summed E-state index contributed by atoms with van der Waals surface area (Å²) in [5.41, 5.74) is -1.02. The summed E-state index contributed by atoms with van der Waals surface area (Å²) in [6.45, 7) is 1.30. The van der Waals surface area contributed by atoms with Crippen LogP contribution in [0.15, 0.2) is 32.7 Å². The number of H-pyrrole nitrogens is 2. The van der Waals surface area contributed by atoms with Gasteiger partial charge in [0.1, 0.15) is 0 Å². The average Bonchev–Trinajstić information content (AvgIpc) is 2.90. The van der Waals surface area contributed by atoms with E-state index in [1.54, 1.807) is 0 Å². The van der Waals surface area contributed by atoms with Crippen LogP contribution in [0.4, 0.5) is 0 Å². The smallest absolute Gasteiger partial charge is 0.307 e. The van der Waals surface area contributed by atoms with Gasteiger partial charge in [0.15, 0.2) is 0 Å². The van der Waals surface area contributed by atoms with E-state index < -0.39 is 21.3 Å². The molecule has 2 heterocycles. The van der Waals surface area contributed by atoms with Crippen LogP contribution >= 0.6 is 0 Å². The molecule has 1 aliphatic rings. The molecule has 3 rings (SSSR count). The number of likely N-dealkylation sites (tertiary alicyclic amines) is 1. The number of hydrogen-bond acceptors (Lipinski definition) is 5. The maximum Gasteiger partial charge on any atom is 0.326 e. The third-order valence-corrected chi connectivity index (χ3v) is 5.62. The minimum Gasteiger partial charge on any atom is -0.307 e. The van der Waals surface area contributed by atoms with Crippen molar-refractivity contribution in [3.05, 3.63) is 39.0 Å². The van der Waals surface area contributed by atoms with Crippen LogP contribution in [0, 0.1) is 0 Å². The topological polar surface area (TPSA) is 115 Å². The predicted octanol–water partition coefficient (Wildman–Crippen LogP) is -0.411. The summed E-state index contributed by atoms with van der Waals surface area (Å²) in [5, 5.41) is 0.235. The van der Waals surface area contributed by atoms with Crippen molar-refractivity contribution in [1.82, 2.24) is 19.6 Å². The van der Waals surface area contributed by atoms with Gasteiger partial charge in [0, 0.05) is 12.6 Å². The van der Waals surface area contributed by atoms with Crippen LogP contribution in [-0.2, 0) is 10.0 Å². The molecule has 0 aliphatic carbocycles. The number of sulfonamides is 1. The van der Waals surface area contributed by atoms with Gasteiger partial charge in [-0.05, 0) is 44.6 Å². The summed E-state index contributed by atoms with van der Waals surface area (Å²) in [6.07, 6.45) is 2.02. The molecule has 1 aromatic heterocycles. The Hall–Kier alpha value is -1.97. The van der Waals surface area contributed by atoms with E-state index in [9.17, 15) is 18.0 Å². The molecule has 1 saturated heterocycles. The lowest BCUT2D eigenvalue weighted by Gasteiger charge is -2.19. The van der Waals surface area contributed by atoms with Gasteiger partial charge in [-0.2, -0.15) is 0 Å². The molecule has 1 fully saturated rings. The van der Waals surface area contributed by atoms with Crippen LogP contribution < -0.4 is 16.0 Å². The van der Waals surface area contributed by atoms with Crippen LogP contribution in [0.5, 0.6) is 0 Å². The van der Waals surface area contributed by atoms with E-state index in [1.807, 2.05) is 7.05 Å². The minimum absolute atomic E-state index is 0.0203. The molecule has 0 spiro atoms. The van der Waals surface area contributed by atoms with E-state index in [2.05, 4.69) is 19.6 Å². The summed E-state index contributed by atoms with van der Waals surface area (Å²) in [6, 6.07) is 4.23. The number of nitrogens with one attached hydrogen (secondary N) is 3. The molecule has 1 aliphatic heterocycles. The van der Waals surface area contributed by atoms with E-state index in [0.717, 1.165) is 19.4 Å². The number of aromatic amines is 2. The van der Waals surface area contributed by atoms with Gasteiger partial charge in [0.2, 0.25) is 10.0 Å². The fraction of sp³-hybridized carbons (Fsp3) is 0.429. The van der Waals surface area contributed by atoms with Crippen LogP contribution in [0.25, 0.3) is 10.9 Å². The highest BCUT2D eigenvalue weighted by Crippen LogP contribution is 2.16. The summed E-state index contributed by atoms with van der Waals surface area (Å²) in [4.78, 5) is 29.7. The molecule has 0 bridgehead atoms. The van der Waals surface area contributed by atoms with Crippen molar-refractivity contribution in [2.24, 2.45) is 0 Å². The van der Waals surface area contributed by atoms with Crippen molar-refractivity contribution >= 4 is 20.9 Å². The third kappa shape index (κ3) is 3.21. The predicted molar refractivity (Wildman–Crippen MR) is 86.0 cm³/mol. The first-order chi connectivity index (χ1) is 10.9. The maximum absolute atomic E-state index is 12.4. The molecule has 9 heteroatoms. The van der Waals surface area contributed by atoms with Crippen molar-refractivity contribution in [3.8, 4) is 0 Å². The molecule has 0 amide bonds. The normalized spacial score (nSPS) is 19.4. The number of likely N-dealkylation sites (N-methyl/N-ethyl adjacent to an activating group) is 1. The van der Waals surface area contributed by atoms with E-state index in [4.69, 9.17) is 0 Å². The number of fused-ring (bicyclic) bond motifs is 1. The average molecular weight is 338 g/mol. The highest BCUT2D eigenvalue weighted by Gasteiger charge is 2.23. The second kappa shape index (κ2) is 5.91. The lowest BCUT2D eigenvalue weighted by Crippen LogP contribution is -2.38. The van der Waals surface area contributed by atoms with Crippen molar-refractivity contribution < 1.29 is 8.42 Å². The second-order valence-corrected chi connectivity index (χ2v) is 7.51. The minimum atomic E-state index is -3.70. The van der Waals surface area contributed by atoms with Gasteiger partial charge in [-0.15, -0.1) is 0 Å². The molecule has 3 N–H and O–H groups in total. The zero-order valence-corrected chi connectivity index (χ0v) is 13.4. The maximum atomic E-state index is 12.4. The first-order valence-electron chi connectivity index (χ1n) is 7.33. The number of nitrogens with zero attached hydrogens (tertiary/aromatic N) is 1. The molecule has 1 aromatic carbocycles. The van der Waals surface area contributed by atoms with E-state index in [-0.39, 0.29) is 21.8 Å². The second-order valence-electron chi connectivity index (χ2n) is 5.74. The monoisotopic (exact) mass is 338 g/mol. The lowest BCUT2D eigenvalue weighted by molar-refractivity contribution is 0.311. The summed E-state index contributed by atoms with van der Waals surface area (Å²) in [7, 11) is -1.73. The highest BCUT2D eigenvalue weighted by molar-refractivity contribution is 7.89. The Kier molecular flexibility index (Phi) is 4.09. The highest BCUT2D eigenvalue weighted by atomic mass is 32.2. The van der Waals surface area contributed by atoms with Gasteiger partial charge < -0.3 is 9.88 Å². The van der Waals surface area contributed by atoms with E-state index in [1.165, 1.54) is 18.2 Å². The van der Waals surface area contributed by atoms with E-state index in [0.29, 0.717) is 6.54 Å². The van der Waals surface area contributed by atoms with Gasteiger partial charge in [0.25, 0.3) is 5.56 Å². The molecule has 0 saturated carbocycles. The Bertz CT molecular complexity index is 947. The SMILES string of the molecule is CN1CCC[C@H]1CNS(=O)(=O)c1ccc2c(=O)[nH]c(=O)[nH]c2c1. The van der Waals surface area contributed by atoms with Gasteiger partial charge in [0.05, 0.1) is 15.8 Å². The zero-order valence-electron chi connectivity index (χ0n) is 12.6. The lowest BCUT2D eigenvalue weighted by atomic mass is 10.2. The van der Waals surface area contributed by atoms with Crippen molar-refractivity contribution in [3.63, 3.8) is 0 Å².